The number of hydrogen-bond donors (Lipinski definition) is 2. The maximum absolute atomic E-state index is 5.75. The lowest BCUT2D eigenvalue weighted by Gasteiger charge is -2.34. The van der Waals surface area contributed by atoms with Crippen LogP contribution < -0.4 is 5.32 Å². The standard InChI is InChI=1S/C13H14ClN5/c14-12-15-4-1-10(17-12)16-11-5-9(18-19-11)8-6-13(7-8)2-3-13/h1,4-5,8H,2-3,6-7H2,(H2,15,16,17,18,19). The highest BCUT2D eigenvalue weighted by molar-refractivity contribution is 6.28. The van der Waals surface area contributed by atoms with Gasteiger partial charge in [0.05, 0.1) is 0 Å². The van der Waals surface area contributed by atoms with E-state index in [0.717, 1.165) is 5.82 Å². The van der Waals surface area contributed by atoms with E-state index in [-0.39, 0.29) is 5.28 Å². The van der Waals surface area contributed by atoms with Crippen LogP contribution in [0.25, 0.3) is 0 Å². The van der Waals surface area contributed by atoms with Gasteiger partial charge in [-0.25, -0.2) is 9.97 Å². The summed E-state index contributed by atoms with van der Waals surface area (Å²) in [5.41, 5.74) is 1.93. The number of nitrogens with one attached hydrogen (secondary N) is 2. The number of nitrogens with zero attached hydrogens (tertiary/aromatic N) is 3. The predicted octanol–water partition coefficient (Wildman–Crippen LogP) is 3.25. The maximum atomic E-state index is 5.75. The van der Waals surface area contributed by atoms with Crippen LogP contribution in [0.15, 0.2) is 18.3 Å². The molecule has 2 aliphatic rings. The molecule has 2 N–H and O–H groups in total. The molecular weight excluding hydrogens is 262 g/mol. The van der Waals surface area contributed by atoms with E-state index >= 15 is 0 Å². The third-order valence-corrected chi connectivity index (χ3v) is 4.42. The second kappa shape index (κ2) is 3.93. The molecule has 0 bridgehead atoms. The van der Waals surface area contributed by atoms with Gasteiger partial charge in [-0.2, -0.15) is 5.10 Å². The van der Waals surface area contributed by atoms with Gasteiger partial charge < -0.3 is 5.32 Å². The molecule has 98 valence electrons. The zero-order valence-corrected chi connectivity index (χ0v) is 11.1. The minimum absolute atomic E-state index is 0.232. The van der Waals surface area contributed by atoms with E-state index in [1.165, 1.54) is 31.4 Å². The van der Waals surface area contributed by atoms with Crippen LogP contribution in [-0.2, 0) is 0 Å². The first-order chi connectivity index (χ1) is 9.22. The summed E-state index contributed by atoms with van der Waals surface area (Å²) >= 11 is 5.75. The molecule has 0 amide bonds. The lowest BCUT2D eigenvalue weighted by atomic mass is 9.70. The maximum Gasteiger partial charge on any atom is 0.224 e. The number of aromatic amines is 1. The molecule has 0 aliphatic heterocycles. The molecule has 2 aliphatic carbocycles. The van der Waals surface area contributed by atoms with Crippen LogP contribution in [0.5, 0.6) is 0 Å². The number of hydrogen-bond acceptors (Lipinski definition) is 4. The zero-order valence-electron chi connectivity index (χ0n) is 10.4. The van der Waals surface area contributed by atoms with Crippen molar-refractivity contribution >= 4 is 23.2 Å². The van der Waals surface area contributed by atoms with Crippen LogP contribution in [0.2, 0.25) is 5.28 Å². The van der Waals surface area contributed by atoms with Crippen molar-refractivity contribution in [3.63, 3.8) is 0 Å². The Labute approximate surface area is 115 Å². The summed E-state index contributed by atoms with van der Waals surface area (Å²) in [6.45, 7) is 0. The fourth-order valence-electron chi connectivity index (χ4n) is 2.94. The minimum atomic E-state index is 0.232. The fourth-order valence-corrected chi connectivity index (χ4v) is 3.08. The van der Waals surface area contributed by atoms with Crippen molar-refractivity contribution in [2.45, 2.75) is 31.6 Å². The number of aromatic nitrogens is 4. The van der Waals surface area contributed by atoms with Gasteiger partial charge in [0, 0.05) is 23.9 Å². The molecule has 0 radical (unpaired) electrons. The summed E-state index contributed by atoms with van der Waals surface area (Å²) in [6, 6.07) is 3.83. The molecule has 2 heterocycles. The molecule has 2 aromatic rings. The number of halogens is 1. The van der Waals surface area contributed by atoms with Gasteiger partial charge in [-0.15, -0.1) is 0 Å². The van der Waals surface area contributed by atoms with E-state index in [2.05, 4.69) is 31.5 Å². The first kappa shape index (κ1) is 11.2. The molecule has 4 rings (SSSR count). The molecule has 0 unspecified atom stereocenters. The summed E-state index contributed by atoms with van der Waals surface area (Å²) in [6.07, 6.45) is 7.08. The van der Waals surface area contributed by atoms with Crippen molar-refractivity contribution in [2.24, 2.45) is 5.41 Å². The van der Waals surface area contributed by atoms with Gasteiger partial charge >= 0.3 is 0 Å². The molecule has 19 heavy (non-hydrogen) atoms. The van der Waals surface area contributed by atoms with Crippen molar-refractivity contribution in [2.75, 3.05) is 5.32 Å². The van der Waals surface area contributed by atoms with Gasteiger partial charge in [0.1, 0.15) is 5.82 Å². The quantitative estimate of drug-likeness (QED) is 0.844. The monoisotopic (exact) mass is 275 g/mol. The van der Waals surface area contributed by atoms with Gasteiger partial charge in [-0.3, -0.25) is 5.10 Å². The van der Waals surface area contributed by atoms with Crippen molar-refractivity contribution < 1.29 is 0 Å². The highest BCUT2D eigenvalue weighted by atomic mass is 35.5. The highest BCUT2D eigenvalue weighted by Gasteiger charge is 2.53. The molecule has 5 nitrogen and oxygen atoms in total. The lowest BCUT2D eigenvalue weighted by Crippen LogP contribution is -2.23. The Kier molecular flexibility index (Phi) is 2.33. The molecule has 6 heteroatoms. The second-order valence-electron chi connectivity index (χ2n) is 5.65. The summed E-state index contributed by atoms with van der Waals surface area (Å²) in [5, 5.41) is 10.8. The largest absolute Gasteiger partial charge is 0.323 e. The molecule has 0 aromatic carbocycles. The zero-order chi connectivity index (χ0) is 12.9. The minimum Gasteiger partial charge on any atom is -0.323 e. The number of H-pyrrole nitrogens is 1. The number of rotatable bonds is 3. The third kappa shape index (κ3) is 2.08. The van der Waals surface area contributed by atoms with Crippen LogP contribution in [0, 0.1) is 5.41 Å². The third-order valence-electron chi connectivity index (χ3n) is 4.24. The first-order valence-electron chi connectivity index (χ1n) is 6.53. The number of anilines is 2. The van der Waals surface area contributed by atoms with E-state index in [1.807, 2.05) is 0 Å². The van der Waals surface area contributed by atoms with Gasteiger partial charge in [0.15, 0.2) is 5.82 Å². The van der Waals surface area contributed by atoms with Crippen LogP contribution in [0.1, 0.15) is 37.3 Å². The molecular formula is C13H14ClN5. The van der Waals surface area contributed by atoms with Gasteiger partial charge in [0.2, 0.25) is 5.28 Å². The average molecular weight is 276 g/mol. The Morgan fingerprint density at radius 3 is 2.89 bits per heavy atom. The Balaban J connectivity index is 1.46. The first-order valence-corrected chi connectivity index (χ1v) is 6.91. The Hall–Kier alpha value is -1.62. The summed E-state index contributed by atoms with van der Waals surface area (Å²) in [4.78, 5) is 7.93. The fraction of sp³-hybridized carbons (Fsp3) is 0.462. The smallest absolute Gasteiger partial charge is 0.224 e. The molecule has 1 spiro atoms. The molecule has 2 saturated carbocycles. The normalized spacial score (nSPS) is 20.3. The predicted molar refractivity (Wildman–Crippen MR) is 72.6 cm³/mol. The van der Waals surface area contributed by atoms with E-state index in [4.69, 9.17) is 11.6 Å². The van der Waals surface area contributed by atoms with Crippen molar-refractivity contribution in [1.82, 2.24) is 20.2 Å². The average Bonchev–Trinajstić information content (AvgIpc) is 3.03. The SMILES string of the molecule is Clc1nccc(Nc2cc(C3CC4(CC4)C3)[nH]n2)n1. The summed E-state index contributed by atoms with van der Waals surface area (Å²) < 4.78 is 0. The molecule has 0 atom stereocenters. The van der Waals surface area contributed by atoms with Crippen LogP contribution in [0.3, 0.4) is 0 Å². The molecule has 0 saturated heterocycles. The van der Waals surface area contributed by atoms with Gasteiger partial charge in [-0.1, -0.05) is 0 Å². The van der Waals surface area contributed by atoms with Crippen molar-refractivity contribution in [1.29, 1.82) is 0 Å². The van der Waals surface area contributed by atoms with Crippen LogP contribution >= 0.6 is 11.6 Å². The Morgan fingerprint density at radius 2 is 2.16 bits per heavy atom. The highest BCUT2D eigenvalue weighted by Crippen LogP contribution is 2.66. The van der Waals surface area contributed by atoms with Gasteiger partial charge in [0.25, 0.3) is 0 Å². The summed E-state index contributed by atoms with van der Waals surface area (Å²) in [5.74, 6) is 2.09. The summed E-state index contributed by atoms with van der Waals surface area (Å²) in [7, 11) is 0. The lowest BCUT2D eigenvalue weighted by molar-refractivity contribution is 0.233. The molecule has 2 fully saturated rings. The van der Waals surface area contributed by atoms with Crippen LogP contribution in [-0.4, -0.2) is 20.2 Å². The topological polar surface area (TPSA) is 66.5 Å². The molecule has 2 aromatic heterocycles. The van der Waals surface area contributed by atoms with E-state index < -0.39 is 0 Å². The van der Waals surface area contributed by atoms with Crippen molar-refractivity contribution in [3.05, 3.63) is 29.3 Å². The van der Waals surface area contributed by atoms with E-state index in [1.54, 1.807) is 12.3 Å². The van der Waals surface area contributed by atoms with Crippen LogP contribution in [0.4, 0.5) is 11.6 Å². The van der Waals surface area contributed by atoms with E-state index in [0.29, 0.717) is 17.2 Å². The van der Waals surface area contributed by atoms with Gasteiger partial charge in [-0.05, 0) is 48.8 Å². The Morgan fingerprint density at radius 1 is 1.32 bits per heavy atom. The van der Waals surface area contributed by atoms with Crippen molar-refractivity contribution in [3.8, 4) is 0 Å². The second-order valence-corrected chi connectivity index (χ2v) is 5.99. The van der Waals surface area contributed by atoms with E-state index in [9.17, 15) is 0 Å². The Bertz CT molecular complexity index is 611.